The van der Waals surface area contributed by atoms with Gasteiger partial charge in [-0.1, -0.05) is 0 Å². The normalized spacial score (nSPS) is 14.4. The number of anilines is 1. The molecule has 1 aliphatic rings. The Hall–Kier alpha value is -2.16. The number of hydrogen-bond acceptors (Lipinski definition) is 4. The van der Waals surface area contributed by atoms with Crippen molar-refractivity contribution in [1.29, 1.82) is 0 Å². The van der Waals surface area contributed by atoms with Gasteiger partial charge >= 0.3 is 0 Å². The number of amides is 2. The predicted molar refractivity (Wildman–Crippen MR) is 106 cm³/mol. The molecule has 2 aromatic rings. The zero-order chi connectivity index (χ0) is 19.6. The average molecular weight is 437 g/mol. The fraction of sp³-hybridized carbons (Fsp3) is 0.556. The number of piperidine rings is 1. The lowest BCUT2D eigenvalue weighted by Gasteiger charge is -2.27. The van der Waals surface area contributed by atoms with Crippen molar-refractivity contribution in [3.63, 3.8) is 0 Å². The van der Waals surface area contributed by atoms with Crippen LogP contribution in [0.3, 0.4) is 0 Å². The Morgan fingerprint density at radius 2 is 1.93 bits per heavy atom. The molecule has 2 aromatic heterocycles. The van der Waals surface area contributed by atoms with Crippen molar-refractivity contribution >= 4 is 33.4 Å². The molecule has 9 heteroatoms. The van der Waals surface area contributed by atoms with E-state index in [1.54, 1.807) is 7.05 Å². The van der Waals surface area contributed by atoms with Gasteiger partial charge in [0.25, 0.3) is 5.91 Å². The lowest BCUT2D eigenvalue weighted by molar-refractivity contribution is -0.116. The van der Waals surface area contributed by atoms with Gasteiger partial charge in [-0.3, -0.25) is 19.0 Å². The summed E-state index contributed by atoms with van der Waals surface area (Å²) >= 11 is 3.49. The summed E-state index contributed by atoms with van der Waals surface area (Å²) in [6.45, 7) is 5.86. The molecular weight excluding hydrogens is 412 g/mol. The maximum atomic E-state index is 12.8. The molecule has 0 radical (unpaired) electrons. The highest BCUT2D eigenvalue weighted by Gasteiger charge is 2.25. The summed E-state index contributed by atoms with van der Waals surface area (Å²) in [6, 6.07) is 0. The van der Waals surface area contributed by atoms with Crippen LogP contribution in [0.1, 0.15) is 47.6 Å². The van der Waals surface area contributed by atoms with Gasteiger partial charge in [0.2, 0.25) is 5.91 Å². The minimum Gasteiger partial charge on any atom is -0.337 e. The molecule has 1 N–H and O–H groups in total. The lowest BCUT2D eigenvalue weighted by Crippen LogP contribution is -2.37. The Morgan fingerprint density at radius 1 is 1.22 bits per heavy atom. The summed E-state index contributed by atoms with van der Waals surface area (Å²) in [5.41, 5.74) is 2.78. The maximum Gasteiger partial charge on any atom is 0.274 e. The van der Waals surface area contributed by atoms with Gasteiger partial charge in [-0.15, -0.1) is 0 Å². The molecule has 0 aromatic carbocycles. The number of aromatic nitrogens is 4. The maximum absolute atomic E-state index is 12.8. The molecule has 27 heavy (non-hydrogen) atoms. The van der Waals surface area contributed by atoms with Crippen LogP contribution in [0.25, 0.3) is 0 Å². The summed E-state index contributed by atoms with van der Waals surface area (Å²) in [6.07, 6.45) is 4.99. The van der Waals surface area contributed by atoms with Crippen molar-refractivity contribution < 1.29 is 9.59 Å². The predicted octanol–water partition coefficient (Wildman–Crippen LogP) is 2.65. The van der Waals surface area contributed by atoms with Gasteiger partial charge in [0.1, 0.15) is 5.69 Å². The van der Waals surface area contributed by atoms with Crippen LogP contribution in [0.2, 0.25) is 0 Å². The third-order valence-corrected chi connectivity index (χ3v) is 6.05. The molecule has 0 aliphatic carbocycles. The molecule has 0 unspecified atom stereocenters. The Balaban J connectivity index is 1.66. The van der Waals surface area contributed by atoms with Gasteiger partial charge in [0.05, 0.1) is 28.6 Å². The Kier molecular flexibility index (Phi) is 5.98. The second-order valence-corrected chi connectivity index (χ2v) is 7.68. The van der Waals surface area contributed by atoms with Crippen LogP contribution >= 0.6 is 15.9 Å². The zero-order valence-electron chi connectivity index (χ0n) is 16.0. The summed E-state index contributed by atoms with van der Waals surface area (Å²) in [7, 11) is 1.72. The number of halogens is 1. The summed E-state index contributed by atoms with van der Waals surface area (Å²) < 4.78 is 4.30. The van der Waals surface area contributed by atoms with Gasteiger partial charge in [0.15, 0.2) is 0 Å². The van der Waals surface area contributed by atoms with E-state index in [4.69, 9.17) is 0 Å². The minimum absolute atomic E-state index is 0.0764. The first-order valence-corrected chi connectivity index (χ1v) is 9.98. The summed E-state index contributed by atoms with van der Waals surface area (Å²) in [4.78, 5) is 27.1. The van der Waals surface area contributed by atoms with Crippen LogP contribution in [-0.2, 0) is 18.4 Å². The van der Waals surface area contributed by atoms with Crippen LogP contribution in [0, 0.1) is 13.8 Å². The van der Waals surface area contributed by atoms with Crippen molar-refractivity contribution in [2.75, 3.05) is 18.4 Å². The van der Waals surface area contributed by atoms with E-state index < -0.39 is 0 Å². The standard InChI is InChI=1S/C18H25BrN6O2/c1-12-16(19)13(2)25(22-12)10-7-15(26)21-14-11-20-23(3)17(14)18(27)24-8-5-4-6-9-24/h11H,4-10H2,1-3H3,(H,21,26). The Morgan fingerprint density at radius 3 is 2.56 bits per heavy atom. The first kappa shape index (κ1) is 19.6. The topological polar surface area (TPSA) is 85.0 Å². The largest absolute Gasteiger partial charge is 0.337 e. The second kappa shape index (κ2) is 8.24. The molecule has 0 bridgehead atoms. The smallest absolute Gasteiger partial charge is 0.274 e. The van der Waals surface area contributed by atoms with Gasteiger partial charge in [-0.2, -0.15) is 10.2 Å². The monoisotopic (exact) mass is 436 g/mol. The molecule has 1 saturated heterocycles. The molecule has 1 aliphatic heterocycles. The number of carbonyl (C=O) groups is 2. The molecular formula is C18H25BrN6O2. The molecule has 2 amide bonds. The van der Waals surface area contributed by atoms with E-state index in [9.17, 15) is 9.59 Å². The molecule has 8 nitrogen and oxygen atoms in total. The lowest BCUT2D eigenvalue weighted by atomic mass is 10.1. The van der Waals surface area contributed by atoms with Crippen LogP contribution in [-0.4, -0.2) is 49.4 Å². The van der Waals surface area contributed by atoms with Crippen LogP contribution in [0.4, 0.5) is 5.69 Å². The molecule has 3 heterocycles. The van der Waals surface area contributed by atoms with E-state index >= 15 is 0 Å². The Labute approximate surface area is 167 Å². The Bertz CT molecular complexity index is 850. The minimum atomic E-state index is -0.167. The number of aryl methyl sites for hydroxylation is 3. The molecule has 1 fully saturated rings. The van der Waals surface area contributed by atoms with Crippen LogP contribution < -0.4 is 5.32 Å². The zero-order valence-corrected chi connectivity index (χ0v) is 17.5. The van der Waals surface area contributed by atoms with E-state index in [1.165, 1.54) is 10.9 Å². The first-order valence-electron chi connectivity index (χ1n) is 9.19. The highest BCUT2D eigenvalue weighted by atomic mass is 79.9. The summed E-state index contributed by atoms with van der Waals surface area (Å²) in [5.74, 6) is -0.244. The van der Waals surface area contributed by atoms with Gasteiger partial charge < -0.3 is 10.2 Å². The van der Waals surface area contributed by atoms with Crippen LogP contribution in [0.5, 0.6) is 0 Å². The fourth-order valence-corrected chi connectivity index (χ4v) is 3.63. The van der Waals surface area contributed by atoms with E-state index in [0.717, 1.165) is 48.2 Å². The van der Waals surface area contributed by atoms with E-state index in [2.05, 4.69) is 31.4 Å². The van der Waals surface area contributed by atoms with Crippen molar-refractivity contribution in [2.45, 2.75) is 46.1 Å². The van der Waals surface area contributed by atoms with Crippen molar-refractivity contribution in [3.05, 3.63) is 27.8 Å². The molecule has 0 saturated carbocycles. The van der Waals surface area contributed by atoms with Gasteiger partial charge in [-0.05, 0) is 49.0 Å². The van der Waals surface area contributed by atoms with E-state index in [0.29, 0.717) is 17.9 Å². The van der Waals surface area contributed by atoms with Crippen LogP contribution in [0.15, 0.2) is 10.7 Å². The number of nitrogens with one attached hydrogen (secondary N) is 1. The highest BCUT2D eigenvalue weighted by molar-refractivity contribution is 9.10. The quantitative estimate of drug-likeness (QED) is 0.780. The van der Waals surface area contributed by atoms with E-state index in [1.807, 2.05) is 23.4 Å². The first-order chi connectivity index (χ1) is 12.9. The third kappa shape index (κ3) is 4.23. The average Bonchev–Trinajstić information content (AvgIpc) is 3.14. The highest BCUT2D eigenvalue weighted by Crippen LogP contribution is 2.21. The van der Waals surface area contributed by atoms with Gasteiger partial charge in [0, 0.05) is 32.3 Å². The second-order valence-electron chi connectivity index (χ2n) is 6.89. The molecule has 0 spiro atoms. The number of nitrogens with zero attached hydrogens (tertiary/aromatic N) is 5. The van der Waals surface area contributed by atoms with Crippen molar-refractivity contribution in [1.82, 2.24) is 24.5 Å². The number of hydrogen-bond donors (Lipinski definition) is 1. The molecule has 3 rings (SSSR count). The van der Waals surface area contributed by atoms with Crippen molar-refractivity contribution in [3.8, 4) is 0 Å². The number of rotatable bonds is 5. The SMILES string of the molecule is Cc1nn(CCC(=O)Nc2cnn(C)c2C(=O)N2CCCCC2)c(C)c1Br. The van der Waals surface area contributed by atoms with Gasteiger partial charge in [-0.25, -0.2) is 0 Å². The van der Waals surface area contributed by atoms with Crippen molar-refractivity contribution in [2.24, 2.45) is 7.05 Å². The molecule has 146 valence electrons. The number of carbonyl (C=O) groups excluding carboxylic acids is 2. The third-order valence-electron chi connectivity index (χ3n) is 4.90. The molecule has 0 atom stereocenters. The fourth-order valence-electron chi connectivity index (χ4n) is 3.34. The number of likely N-dealkylation sites (tertiary alicyclic amines) is 1. The summed E-state index contributed by atoms with van der Waals surface area (Å²) in [5, 5.41) is 11.4. The van der Waals surface area contributed by atoms with E-state index in [-0.39, 0.29) is 18.2 Å².